The Balaban J connectivity index is 1.98. The van der Waals surface area contributed by atoms with Gasteiger partial charge in [0.2, 0.25) is 5.91 Å². The molecule has 0 atom stereocenters. The summed E-state index contributed by atoms with van der Waals surface area (Å²) in [6.07, 6.45) is 1.52. The van der Waals surface area contributed by atoms with Crippen LogP contribution in [0.4, 0.5) is 5.69 Å². The summed E-state index contributed by atoms with van der Waals surface area (Å²) in [6, 6.07) is 7.63. The predicted molar refractivity (Wildman–Crippen MR) is 119 cm³/mol. The lowest BCUT2D eigenvalue weighted by molar-refractivity contribution is -0.116. The molecule has 0 bridgehead atoms. The zero-order valence-corrected chi connectivity index (χ0v) is 18.1. The zero-order valence-electron chi connectivity index (χ0n) is 17.3. The van der Waals surface area contributed by atoms with Gasteiger partial charge in [-0.3, -0.25) is 18.7 Å². The highest BCUT2D eigenvalue weighted by atomic mass is 32.1. The summed E-state index contributed by atoms with van der Waals surface area (Å²) in [5.41, 5.74) is 2.63. The number of aromatic nitrogens is 2. The van der Waals surface area contributed by atoms with Gasteiger partial charge in [0.05, 0.1) is 5.52 Å². The van der Waals surface area contributed by atoms with E-state index in [1.165, 1.54) is 20.5 Å². The molecule has 29 heavy (non-hydrogen) atoms. The molecule has 2 heterocycles. The summed E-state index contributed by atoms with van der Waals surface area (Å²) < 4.78 is 3.18. The third-order valence-corrected chi connectivity index (χ3v) is 5.96. The summed E-state index contributed by atoms with van der Waals surface area (Å²) in [5, 5.41) is 4.74. The van der Waals surface area contributed by atoms with Crippen LogP contribution in [0.25, 0.3) is 10.2 Å². The fourth-order valence-electron chi connectivity index (χ4n) is 3.40. The second-order valence-corrected chi connectivity index (χ2v) is 8.57. The molecule has 0 radical (unpaired) electrons. The number of nitrogens with one attached hydrogen (secondary N) is 1. The third-order valence-electron chi connectivity index (χ3n) is 5.07. The normalized spacial score (nSPS) is 11.3. The number of hydrogen-bond donors (Lipinski definition) is 1. The molecular formula is C22H27N3O3S. The predicted octanol–water partition coefficient (Wildman–Crippen LogP) is 3.78. The Morgan fingerprint density at radius 3 is 2.62 bits per heavy atom. The molecule has 1 aromatic carbocycles. The number of carbonyl (C=O) groups excluding carboxylic acids is 1. The fourth-order valence-corrected chi connectivity index (χ4v) is 4.24. The number of amides is 1. The highest BCUT2D eigenvalue weighted by molar-refractivity contribution is 7.17. The van der Waals surface area contributed by atoms with E-state index in [1.54, 1.807) is 11.4 Å². The number of fused-ring (bicyclic) bond motifs is 1. The maximum atomic E-state index is 13.0. The van der Waals surface area contributed by atoms with Crippen molar-refractivity contribution in [2.45, 2.75) is 53.6 Å². The minimum Gasteiger partial charge on any atom is -0.324 e. The number of para-hydroxylation sites is 1. The van der Waals surface area contributed by atoms with E-state index in [9.17, 15) is 14.4 Å². The minimum absolute atomic E-state index is 0.133. The number of nitrogens with zero attached hydrogens (tertiary/aromatic N) is 2. The summed E-state index contributed by atoms with van der Waals surface area (Å²) in [5.74, 6) is 0.0864. The lowest BCUT2D eigenvalue weighted by Gasteiger charge is -2.15. The standard InChI is InChI=1S/C22H27N3O3S/c1-5-16-8-6-7-15(4)19(16)23-18(26)13-25-17-10-12-29-20(17)21(27)24(22(25)28)11-9-14(2)3/h6-8,10,12,14H,5,9,11,13H2,1-4H3,(H,23,26). The van der Waals surface area contributed by atoms with Gasteiger partial charge in [0.25, 0.3) is 5.56 Å². The Labute approximate surface area is 173 Å². The van der Waals surface area contributed by atoms with Crippen LogP contribution >= 0.6 is 11.3 Å². The van der Waals surface area contributed by atoms with Crippen LogP contribution in [0.5, 0.6) is 0 Å². The molecule has 0 fully saturated rings. The van der Waals surface area contributed by atoms with Gasteiger partial charge in [0.1, 0.15) is 11.2 Å². The molecule has 1 amide bonds. The average Bonchev–Trinajstić information content (AvgIpc) is 3.16. The summed E-state index contributed by atoms with van der Waals surface area (Å²) in [6.45, 7) is 8.30. The van der Waals surface area contributed by atoms with E-state index in [2.05, 4.69) is 5.32 Å². The number of carbonyl (C=O) groups is 1. The zero-order chi connectivity index (χ0) is 21.1. The smallest absolute Gasteiger partial charge is 0.324 e. The molecule has 0 aliphatic rings. The lowest BCUT2D eigenvalue weighted by atomic mass is 10.1. The van der Waals surface area contributed by atoms with Gasteiger partial charge in [-0.05, 0) is 48.3 Å². The van der Waals surface area contributed by atoms with Crippen molar-refractivity contribution >= 4 is 33.1 Å². The number of rotatable bonds is 7. The van der Waals surface area contributed by atoms with Crippen LogP contribution in [0, 0.1) is 12.8 Å². The molecule has 0 aliphatic heterocycles. The van der Waals surface area contributed by atoms with Crippen LogP contribution in [-0.4, -0.2) is 15.0 Å². The monoisotopic (exact) mass is 413 g/mol. The SMILES string of the molecule is CCc1cccc(C)c1NC(=O)Cn1c(=O)n(CCC(C)C)c(=O)c2sccc21. The van der Waals surface area contributed by atoms with Gasteiger partial charge < -0.3 is 5.32 Å². The molecule has 3 rings (SSSR count). The first-order chi connectivity index (χ1) is 13.8. The van der Waals surface area contributed by atoms with Crippen molar-refractivity contribution in [2.75, 3.05) is 5.32 Å². The molecule has 0 unspecified atom stereocenters. The van der Waals surface area contributed by atoms with Gasteiger partial charge in [-0.2, -0.15) is 0 Å². The largest absolute Gasteiger partial charge is 0.332 e. The van der Waals surface area contributed by atoms with Gasteiger partial charge >= 0.3 is 5.69 Å². The van der Waals surface area contributed by atoms with Gasteiger partial charge in [-0.1, -0.05) is 39.0 Å². The summed E-state index contributed by atoms with van der Waals surface area (Å²) >= 11 is 1.30. The topological polar surface area (TPSA) is 73.1 Å². The van der Waals surface area contributed by atoms with E-state index >= 15 is 0 Å². The molecule has 1 N–H and O–H groups in total. The molecule has 0 saturated carbocycles. The van der Waals surface area contributed by atoms with E-state index in [0.29, 0.717) is 22.7 Å². The molecule has 154 valence electrons. The first-order valence-corrected chi connectivity index (χ1v) is 10.8. The van der Waals surface area contributed by atoms with Crippen molar-refractivity contribution in [1.29, 1.82) is 0 Å². The van der Waals surface area contributed by atoms with Gasteiger partial charge in [-0.25, -0.2) is 4.79 Å². The highest BCUT2D eigenvalue weighted by Crippen LogP contribution is 2.21. The number of thiophene rings is 1. The van der Waals surface area contributed by atoms with Crippen molar-refractivity contribution < 1.29 is 4.79 Å². The molecule has 2 aromatic heterocycles. The maximum absolute atomic E-state index is 13.0. The van der Waals surface area contributed by atoms with E-state index in [4.69, 9.17) is 0 Å². The van der Waals surface area contributed by atoms with Crippen LogP contribution in [0.1, 0.15) is 38.3 Å². The van der Waals surface area contributed by atoms with Crippen LogP contribution in [0.3, 0.4) is 0 Å². The Bertz CT molecular complexity index is 1150. The molecule has 0 spiro atoms. The fraction of sp³-hybridized carbons (Fsp3) is 0.409. The first-order valence-electron chi connectivity index (χ1n) is 9.92. The van der Waals surface area contributed by atoms with Crippen LogP contribution in [0.15, 0.2) is 39.2 Å². The van der Waals surface area contributed by atoms with E-state index in [1.807, 2.05) is 45.9 Å². The minimum atomic E-state index is -0.433. The van der Waals surface area contributed by atoms with Crippen molar-refractivity contribution in [1.82, 2.24) is 9.13 Å². The third kappa shape index (κ3) is 4.34. The lowest BCUT2D eigenvalue weighted by Crippen LogP contribution is -2.41. The maximum Gasteiger partial charge on any atom is 0.332 e. The van der Waals surface area contributed by atoms with Crippen LogP contribution < -0.4 is 16.6 Å². The first kappa shape index (κ1) is 21.0. The molecule has 0 saturated heterocycles. The van der Waals surface area contributed by atoms with Crippen molar-refractivity contribution in [3.8, 4) is 0 Å². The molecule has 7 heteroatoms. The second kappa shape index (κ2) is 8.78. The van der Waals surface area contributed by atoms with Crippen LogP contribution in [0.2, 0.25) is 0 Å². The Morgan fingerprint density at radius 1 is 1.17 bits per heavy atom. The number of hydrogen-bond acceptors (Lipinski definition) is 4. The molecule has 6 nitrogen and oxygen atoms in total. The highest BCUT2D eigenvalue weighted by Gasteiger charge is 2.17. The summed E-state index contributed by atoms with van der Waals surface area (Å²) in [7, 11) is 0. The second-order valence-electron chi connectivity index (χ2n) is 7.65. The Hall–Kier alpha value is -2.67. The number of anilines is 1. The quantitative estimate of drug-likeness (QED) is 0.641. The molecule has 0 aliphatic carbocycles. The summed E-state index contributed by atoms with van der Waals surface area (Å²) in [4.78, 5) is 38.6. The number of aryl methyl sites for hydroxylation is 2. The van der Waals surface area contributed by atoms with E-state index in [0.717, 1.165) is 29.7 Å². The van der Waals surface area contributed by atoms with Gasteiger partial charge in [0, 0.05) is 12.2 Å². The Morgan fingerprint density at radius 2 is 1.93 bits per heavy atom. The number of benzene rings is 1. The van der Waals surface area contributed by atoms with Crippen molar-refractivity contribution in [3.05, 3.63) is 61.6 Å². The van der Waals surface area contributed by atoms with Crippen LogP contribution in [-0.2, 0) is 24.3 Å². The average molecular weight is 414 g/mol. The van der Waals surface area contributed by atoms with Gasteiger partial charge in [0.15, 0.2) is 0 Å². The van der Waals surface area contributed by atoms with E-state index < -0.39 is 5.69 Å². The van der Waals surface area contributed by atoms with Crippen molar-refractivity contribution in [2.24, 2.45) is 5.92 Å². The van der Waals surface area contributed by atoms with E-state index in [-0.39, 0.29) is 18.0 Å². The van der Waals surface area contributed by atoms with Gasteiger partial charge in [-0.15, -0.1) is 11.3 Å². The Kier molecular flexibility index (Phi) is 6.37. The van der Waals surface area contributed by atoms with Crippen molar-refractivity contribution in [3.63, 3.8) is 0 Å². The molecular weight excluding hydrogens is 386 g/mol. The molecule has 3 aromatic rings.